The number of hydrogen-bond acceptors (Lipinski definition) is 7. The third-order valence-electron chi connectivity index (χ3n) is 8.08. The monoisotopic (exact) mass is 592 g/mol. The van der Waals surface area contributed by atoms with Gasteiger partial charge in [0.05, 0.1) is 18.2 Å². The number of rotatable bonds is 11. The van der Waals surface area contributed by atoms with E-state index in [1.54, 1.807) is 12.1 Å². The molecule has 0 aromatic heterocycles. The molecule has 0 saturated carbocycles. The van der Waals surface area contributed by atoms with Gasteiger partial charge in [-0.05, 0) is 96.5 Å². The predicted octanol–water partition coefficient (Wildman–Crippen LogP) is 5.71. The zero-order valence-electron chi connectivity index (χ0n) is 25.1. The summed E-state index contributed by atoms with van der Waals surface area (Å²) in [6.07, 6.45) is 0.655. The van der Waals surface area contributed by atoms with Crippen molar-refractivity contribution in [2.75, 3.05) is 19.8 Å². The van der Waals surface area contributed by atoms with Gasteiger partial charge in [0.25, 0.3) is 0 Å². The Hall–Kier alpha value is -4.84. The van der Waals surface area contributed by atoms with Crippen molar-refractivity contribution in [2.24, 2.45) is 0 Å². The predicted molar refractivity (Wildman–Crippen MR) is 167 cm³/mol. The molecule has 1 heterocycles. The van der Waals surface area contributed by atoms with E-state index in [4.69, 9.17) is 14.2 Å². The van der Waals surface area contributed by atoms with Crippen LogP contribution in [0.1, 0.15) is 45.9 Å². The molecule has 8 nitrogen and oxygen atoms in total. The van der Waals surface area contributed by atoms with E-state index < -0.39 is 18.1 Å². The lowest BCUT2D eigenvalue weighted by Crippen LogP contribution is -2.52. The number of carbonyl (C=O) groups is 1. The smallest absolute Gasteiger partial charge is 0.326 e. The van der Waals surface area contributed by atoms with Crippen LogP contribution in [-0.2, 0) is 24.4 Å². The van der Waals surface area contributed by atoms with Crippen LogP contribution in [0.2, 0.25) is 0 Å². The highest BCUT2D eigenvalue weighted by atomic mass is 16.6. The Morgan fingerprint density at radius 1 is 1.00 bits per heavy atom. The molecule has 1 aliphatic rings. The van der Waals surface area contributed by atoms with Gasteiger partial charge in [0.1, 0.15) is 31.1 Å². The van der Waals surface area contributed by atoms with Gasteiger partial charge in [-0.25, -0.2) is 0 Å². The summed E-state index contributed by atoms with van der Waals surface area (Å²) in [7, 11) is 0. The average molecular weight is 593 g/mol. The van der Waals surface area contributed by atoms with Crippen molar-refractivity contribution in [3.63, 3.8) is 0 Å². The molecule has 226 valence electrons. The van der Waals surface area contributed by atoms with E-state index in [1.807, 2.05) is 37.3 Å². The minimum atomic E-state index is -1.51. The largest absolute Gasteiger partial charge is 0.489 e. The van der Waals surface area contributed by atoms with Gasteiger partial charge in [-0.2, -0.15) is 5.26 Å². The molecule has 0 spiro atoms. The minimum Gasteiger partial charge on any atom is -0.489 e. The Morgan fingerprint density at radius 2 is 1.77 bits per heavy atom. The molecule has 1 atom stereocenters. The van der Waals surface area contributed by atoms with Crippen molar-refractivity contribution in [3.05, 3.63) is 112 Å². The maximum atomic E-state index is 11.8. The van der Waals surface area contributed by atoms with Crippen LogP contribution in [0.15, 0.2) is 72.8 Å². The van der Waals surface area contributed by atoms with Gasteiger partial charge in [0.2, 0.25) is 0 Å². The Kier molecular flexibility index (Phi) is 9.19. The number of nitriles is 1. The SMILES string of the molecule is Cc1cc(Cc2cccc(-c3ccc4c(c3)OCCO4)c2C)cc(OCc2cccc(C#N)c2)c1CN[C@](C)(CO)C(=O)O. The number of aliphatic hydroxyl groups excluding tert-OH is 1. The molecule has 0 aliphatic carbocycles. The maximum absolute atomic E-state index is 11.8. The first-order chi connectivity index (χ1) is 21.2. The van der Waals surface area contributed by atoms with E-state index in [-0.39, 0.29) is 13.2 Å². The summed E-state index contributed by atoms with van der Waals surface area (Å²) < 4.78 is 17.8. The van der Waals surface area contributed by atoms with E-state index in [2.05, 4.69) is 48.6 Å². The highest BCUT2D eigenvalue weighted by Crippen LogP contribution is 2.37. The molecule has 0 unspecified atom stereocenters. The lowest BCUT2D eigenvalue weighted by Gasteiger charge is -2.25. The summed E-state index contributed by atoms with van der Waals surface area (Å²) in [5.41, 5.74) is 7.15. The van der Waals surface area contributed by atoms with E-state index in [0.717, 1.165) is 56.0 Å². The molecule has 0 saturated heterocycles. The Morgan fingerprint density at radius 3 is 2.52 bits per heavy atom. The number of aliphatic hydroxyl groups is 1. The third kappa shape index (κ3) is 6.70. The standard InChI is InChI=1S/C36H36N2O6/c1-23-14-27(16-28-8-5-9-30(24(28)2)29-10-11-32-34(18-29)43-13-12-42-32)17-33(31(23)20-38-36(3,22-39)35(40)41)44-21-26-7-4-6-25(15-26)19-37/h4-11,14-15,17-18,38-39H,12-13,16,20-22H2,1-3H3,(H,40,41)/t36-/m1/s1. The fraction of sp³-hybridized carbons (Fsp3) is 0.278. The molecule has 3 N–H and O–H groups in total. The number of carboxylic acid groups (broad SMARTS) is 1. The first-order valence-corrected chi connectivity index (χ1v) is 14.5. The van der Waals surface area contributed by atoms with E-state index in [9.17, 15) is 20.3 Å². The average Bonchev–Trinajstić information content (AvgIpc) is 3.03. The van der Waals surface area contributed by atoms with Gasteiger partial charge >= 0.3 is 5.97 Å². The van der Waals surface area contributed by atoms with E-state index in [0.29, 0.717) is 30.9 Å². The molecular weight excluding hydrogens is 556 g/mol. The quantitative estimate of drug-likeness (QED) is 0.203. The maximum Gasteiger partial charge on any atom is 0.326 e. The topological polar surface area (TPSA) is 121 Å². The molecular formula is C36H36N2O6. The molecule has 5 rings (SSSR count). The Bertz CT molecular complexity index is 1730. The second-order valence-corrected chi connectivity index (χ2v) is 11.3. The van der Waals surface area contributed by atoms with Crippen molar-refractivity contribution < 1.29 is 29.2 Å². The fourth-order valence-electron chi connectivity index (χ4n) is 5.31. The second-order valence-electron chi connectivity index (χ2n) is 11.3. The van der Waals surface area contributed by atoms with Crippen LogP contribution in [0.25, 0.3) is 11.1 Å². The molecule has 0 fully saturated rings. The normalized spacial score (nSPS) is 13.5. The summed E-state index contributed by atoms with van der Waals surface area (Å²) in [6, 6.07) is 25.8. The number of ether oxygens (including phenoxy) is 3. The first-order valence-electron chi connectivity index (χ1n) is 14.5. The van der Waals surface area contributed by atoms with Gasteiger partial charge in [-0.1, -0.05) is 42.5 Å². The van der Waals surface area contributed by atoms with Crippen molar-refractivity contribution in [1.82, 2.24) is 5.32 Å². The molecule has 0 radical (unpaired) electrons. The third-order valence-corrected chi connectivity index (χ3v) is 8.08. The highest BCUT2D eigenvalue weighted by Gasteiger charge is 2.32. The lowest BCUT2D eigenvalue weighted by atomic mass is 9.91. The van der Waals surface area contributed by atoms with Gasteiger partial charge in [0, 0.05) is 12.1 Å². The summed E-state index contributed by atoms with van der Waals surface area (Å²) in [4.78, 5) is 11.8. The van der Waals surface area contributed by atoms with Crippen LogP contribution < -0.4 is 19.5 Å². The summed E-state index contributed by atoms with van der Waals surface area (Å²) in [6.45, 7) is 6.48. The second kappa shape index (κ2) is 13.2. The van der Waals surface area contributed by atoms with Gasteiger partial charge in [-0.3, -0.25) is 10.1 Å². The molecule has 44 heavy (non-hydrogen) atoms. The Balaban J connectivity index is 1.45. The summed E-state index contributed by atoms with van der Waals surface area (Å²) in [5, 5.41) is 31.7. The van der Waals surface area contributed by atoms with Gasteiger partial charge in [-0.15, -0.1) is 0 Å². The number of aryl methyl sites for hydroxylation is 1. The number of nitrogens with one attached hydrogen (secondary N) is 1. The summed E-state index contributed by atoms with van der Waals surface area (Å²) in [5.74, 6) is 0.980. The van der Waals surface area contributed by atoms with Crippen LogP contribution >= 0.6 is 0 Å². The number of fused-ring (bicyclic) bond motifs is 1. The number of benzene rings is 4. The molecule has 4 aromatic rings. The lowest BCUT2D eigenvalue weighted by molar-refractivity contribution is -0.145. The molecule has 8 heteroatoms. The van der Waals surface area contributed by atoms with Crippen LogP contribution in [0.4, 0.5) is 0 Å². The number of carboxylic acids is 1. The van der Waals surface area contributed by atoms with Crippen molar-refractivity contribution in [1.29, 1.82) is 5.26 Å². The van der Waals surface area contributed by atoms with E-state index >= 15 is 0 Å². The highest BCUT2D eigenvalue weighted by molar-refractivity contribution is 5.78. The van der Waals surface area contributed by atoms with Crippen LogP contribution in [0.5, 0.6) is 17.2 Å². The zero-order chi connectivity index (χ0) is 31.3. The van der Waals surface area contributed by atoms with Crippen molar-refractivity contribution >= 4 is 5.97 Å². The first kappa shape index (κ1) is 30.6. The van der Waals surface area contributed by atoms with Gasteiger partial charge < -0.3 is 24.4 Å². The fourth-order valence-corrected chi connectivity index (χ4v) is 5.31. The van der Waals surface area contributed by atoms with Crippen molar-refractivity contribution in [2.45, 2.75) is 45.9 Å². The molecule has 0 amide bonds. The van der Waals surface area contributed by atoms with Crippen LogP contribution in [-0.4, -0.2) is 41.5 Å². The number of nitrogens with zero attached hydrogens (tertiary/aromatic N) is 1. The number of aliphatic carboxylic acids is 1. The molecule has 1 aliphatic heterocycles. The zero-order valence-corrected chi connectivity index (χ0v) is 25.1. The van der Waals surface area contributed by atoms with E-state index in [1.165, 1.54) is 6.92 Å². The molecule has 0 bridgehead atoms. The van der Waals surface area contributed by atoms with Crippen molar-refractivity contribution in [3.8, 4) is 34.4 Å². The van der Waals surface area contributed by atoms with Gasteiger partial charge in [0.15, 0.2) is 11.5 Å². The summed E-state index contributed by atoms with van der Waals surface area (Å²) >= 11 is 0. The number of hydrogen-bond donors (Lipinski definition) is 3. The Labute approximate surface area is 257 Å². The molecule has 4 aromatic carbocycles. The minimum absolute atomic E-state index is 0.182. The van der Waals surface area contributed by atoms with Crippen LogP contribution in [0, 0.1) is 25.2 Å². The van der Waals surface area contributed by atoms with Crippen LogP contribution in [0.3, 0.4) is 0 Å².